The maximum Gasteiger partial charge on any atom is 0.266 e. The lowest BCUT2D eigenvalue weighted by Crippen LogP contribution is -2.23. The van der Waals surface area contributed by atoms with E-state index in [0.29, 0.717) is 17.4 Å². The van der Waals surface area contributed by atoms with Crippen molar-refractivity contribution in [3.05, 3.63) is 92.5 Å². The smallest absolute Gasteiger partial charge is 0.266 e. The molecule has 0 saturated heterocycles. The number of rotatable bonds is 4. The zero-order valence-electron chi connectivity index (χ0n) is 16.3. The highest BCUT2D eigenvalue weighted by Crippen LogP contribution is 2.16. The highest BCUT2D eigenvalue weighted by molar-refractivity contribution is 5.86. The van der Waals surface area contributed by atoms with Gasteiger partial charge in [0.25, 0.3) is 5.56 Å². The van der Waals surface area contributed by atoms with Crippen molar-refractivity contribution in [1.29, 1.82) is 5.26 Å². The van der Waals surface area contributed by atoms with Crippen LogP contribution in [0.15, 0.2) is 70.4 Å². The second-order valence-electron chi connectivity index (χ2n) is 7.07. The minimum absolute atomic E-state index is 0.0204. The molecule has 3 heterocycles. The molecule has 8 nitrogen and oxygen atoms in total. The van der Waals surface area contributed by atoms with Crippen molar-refractivity contribution in [2.24, 2.45) is 0 Å². The molecular weight excluding hydrogens is 392 g/mol. The van der Waals surface area contributed by atoms with Crippen LogP contribution < -0.4 is 16.3 Å². The Morgan fingerprint density at radius 2 is 1.84 bits per heavy atom. The van der Waals surface area contributed by atoms with Gasteiger partial charge < -0.3 is 10.3 Å². The molecule has 0 atom stereocenters. The molecule has 150 valence electrons. The summed E-state index contributed by atoms with van der Waals surface area (Å²) in [6.07, 6.45) is 2.20. The van der Waals surface area contributed by atoms with Crippen molar-refractivity contribution in [3.8, 4) is 6.07 Å². The number of benzene rings is 2. The molecule has 0 radical (unpaired) electrons. The predicted molar refractivity (Wildman–Crippen MR) is 118 cm³/mol. The number of hydrogen-bond acceptors (Lipinski definition) is 6. The van der Waals surface area contributed by atoms with Crippen LogP contribution in [0.5, 0.6) is 0 Å². The fraction of sp³-hybridized carbons (Fsp3) is 0.0870. The van der Waals surface area contributed by atoms with E-state index in [9.17, 15) is 14.9 Å². The second kappa shape index (κ2) is 7.39. The molecule has 0 fully saturated rings. The first-order chi connectivity index (χ1) is 15.2. The monoisotopic (exact) mass is 408 g/mol. The molecule has 0 aliphatic heterocycles. The van der Waals surface area contributed by atoms with Crippen molar-refractivity contribution in [1.82, 2.24) is 19.4 Å². The number of H-pyrrole nitrogens is 1. The summed E-state index contributed by atoms with van der Waals surface area (Å²) < 4.78 is 1.30. The first-order valence-corrected chi connectivity index (χ1v) is 9.72. The Bertz CT molecular complexity index is 1610. The molecule has 5 aromatic rings. The van der Waals surface area contributed by atoms with Gasteiger partial charge in [0, 0.05) is 6.54 Å². The third-order valence-corrected chi connectivity index (χ3v) is 5.18. The van der Waals surface area contributed by atoms with E-state index in [-0.39, 0.29) is 33.8 Å². The minimum Gasteiger partial charge on any atom is -0.354 e. The van der Waals surface area contributed by atoms with E-state index >= 15 is 0 Å². The highest BCUT2D eigenvalue weighted by Gasteiger charge is 2.18. The van der Waals surface area contributed by atoms with Crippen LogP contribution in [0, 0.1) is 11.3 Å². The van der Waals surface area contributed by atoms with Gasteiger partial charge in [0.05, 0.1) is 22.6 Å². The van der Waals surface area contributed by atoms with Gasteiger partial charge in [-0.3, -0.25) is 14.0 Å². The van der Waals surface area contributed by atoms with E-state index < -0.39 is 5.43 Å². The third kappa shape index (κ3) is 3.09. The Morgan fingerprint density at radius 3 is 2.65 bits per heavy atom. The third-order valence-electron chi connectivity index (χ3n) is 5.18. The summed E-state index contributed by atoms with van der Waals surface area (Å²) in [5.41, 5.74) is 1.05. The van der Waals surface area contributed by atoms with E-state index in [4.69, 9.17) is 0 Å². The lowest BCUT2D eigenvalue weighted by molar-refractivity contribution is 0.986. The predicted octanol–water partition coefficient (Wildman–Crippen LogP) is 2.61. The van der Waals surface area contributed by atoms with Gasteiger partial charge in [-0.25, -0.2) is 9.97 Å². The number of para-hydroxylation sites is 1. The van der Waals surface area contributed by atoms with Gasteiger partial charge in [-0.2, -0.15) is 5.26 Å². The van der Waals surface area contributed by atoms with E-state index in [2.05, 4.69) is 20.3 Å². The van der Waals surface area contributed by atoms with Crippen molar-refractivity contribution in [3.63, 3.8) is 0 Å². The molecule has 0 spiro atoms. The Labute approximate surface area is 175 Å². The number of anilines is 1. The van der Waals surface area contributed by atoms with Gasteiger partial charge in [0.15, 0.2) is 0 Å². The Balaban J connectivity index is 1.65. The summed E-state index contributed by atoms with van der Waals surface area (Å²) in [5.74, 6) is 0.265. The quantitative estimate of drug-likeness (QED) is 0.349. The molecule has 2 aromatic carbocycles. The summed E-state index contributed by atoms with van der Waals surface area (Å²) in [7, 11) is 0. The Morgan fingerprint density at radius 1 is 1.06 bits per heavy atom. The van der Waals surface area contributed by atoms with Crippen LogP contribution in [0.2, 0.25) is 0 Å². The fourth-order valence-electron chi connectivity index (χ4n) is 3.67. The molecule has 0 unspecified atom stereocenters. The lowest BCUT2D eigenvalue weighted by atomic mass is 10.1. The Kier molecular flexibility index (Phi) is 4.41. The van der Waals surface area contributed by atoms with E-state index in [1.54, 1.807) is 24.3 Å². The second-order valence-corrected chi connectivity index (χ2v) is 7.07. The average Bonchev–Trinajstić information content (AvgIpc) is 2.80. The molecule has 0 aliphatic rings. The van der Waals surface area contributed by atoms with Gasteiger partial charge in [-0.15, -0.1) is 0 Å². The SMILES string of the molecule is N#Cc1c(=O)c2nc(NCCc3ccccc3)ncc2n2c(=O)c3ccccc3[nH]c12. The maximum atomic E-state index is 13.2. The number of nitriles is 1. The van der Waals surface area contributed by atoms with Crippen LogP contribution in [0.3, 0.4) is 0 Å². The average molecular weight is 408 g/mol. The molecule has 0 saturated carbocycles. The Hall–Kier alpha value is -4.51. The summed E-state index contributed by atoms with van der Waals surface area (Å²) in [6.45, 7) is 0.570. The largest absolute Gasteiger partial charge is 0.354 e. The van der Waals surface area contributed by atoms with Crippen LogP contribution in [0.25, 0.3) is 27.6 Å². The summed E-state index contributed by atoms with van der Waals surface area (Å²) in [6, 6.07) is 18.8. The normalized spacial score (nSPS) is 11.1. The van der Waals surface area contributed by atoms with Crippen molar-refractivity contribution >= 4 is 33.5 Å². The van der Waals surface area contributed by atoms with E-state index in [0.717, 1.165) is 12.0 Å². The van der Waals surface area contributed by atoms with Crippen molar-refractivity contribution < 1.29 is 0 Å². The molecule has 0 aliphatic carbocycles. The fourth-order valence-corrected chi connectivity index (χ4v) is 3.67. The first kappa shape index (κ1) is 18.5. The first-order valence-electron chi connectivity index (χ1n) is 9.72. The zero-order valence-corrected chi connectivity index (χ0v) is 16.3. The van der Waals surface area contributed by atoms with Crippen LogP contribution in [-0.4, -0.2) is 25.9 Å². The zero-order chi connectivity index (χ0) is 21.4. The summed E-state index contributed by atoms with van der Waals surface area (Å²) in [5, 5.41) is 13.2. The van der Waals surface area contributed by atoms with E-state index in [1.807, 2.05) is 36.4 Å². The summed E-state index contributed by atoms with van der Waals surface area (Å²) >= 11 is 0. The van der Waals surface area contributed by atoms with Crippen LogP contribution in [0.4, 0.5) is 5.95 Å². The molecule has 0 amide bonds. The van der Waals surface area contributed by atoms with Crippen molar-refractivity contribution in [2.45, 2.75) is 6.42 Å². The number of hydrogen-bond donors (Lipinski definition) is 2. The highest BCUT2D eigenvalue weighted by atomic mass is 16.1. The molecule has 31 heavy (non-hydrogen) atoms. The van der Waals surface area contributed by atoms with Gasteiger partial charge >= 0.3 is 0 Å². The van der Waals surface area contributed by atoms with Gasteiger partial charge in [-0.05, 0) is 24.1 Å². The molecule has 8 heteroatoms. The van der Waals surface area contributed by atoms with E-state index in [1.165, 1.54) is 10.6 Å². The maximum absolute atomic E-state index is 13.2. The van der Waals surface area contributed by atoms with Crippen molar-refractivity contribution in [2.75, 3.05) is 11.9 Å². The number of pyridine rings is 1. The van der Waals surface area contributed by atoms with Gasteiger partial charge in [-0.1, -0.05) is 42.5 Å². The summed E-state index contributed by atoms with van der Waals surface area (Å²) in [4.78, 5) is 37.8. The lowest BCUT2D eigenvalue weighted by Gasteiger charge is -2.10. The molecule has 3 aromatic heterocycles. The van der Waals surface area contributed by atoms with Gasteiger partial charge in [0.2, 0.25) is 11.4 Å². The molecular formula is C23H16N6O2. The van der Waals surface area contributed by atoms with Crippen LogP contribution in [0.1, 0.15) is 11.1 Å². The topological polar surface area (TPSA) is 116 Å². The number of fused-ring (bicyclic) bond motifs is 4. The van der Waals surface area contributed by atoms with Crippen LogP contribution in [-0.2, 0) is 6.42 Å². The molecule has 0 bridgehead atoms. The number of nitrogens with one attached hydrogen (secondary N) is 2. The number of aromatic amines is 1. The molecule has 2 N–H and O–H groups in total. The van der Waals surface area contributed by atoms with Crippen LogP contribution >= 0.6 is 0 Å². The molecule has 5 rings (SSSR count). The number of nitrogens with zero attached hydrogens (tertiary/aromatic N) is 4. The van der Waals surface area contributed by atoms with Gasteiger partial charge in [0.1, 0.15) is 22.8 Å². The standard InChI is InChI=1S/C23H16N6O2/c24-12-16-20(30)19-18(29-21(16)27-17-9-5-4-8-15(17)22(29)31)13-26-23(28-19)25-11-10-14-6-2-1-3-7-14/h1-9,13,27H,10-11H2,(H,25,26,28). The number of aromatic nitrogens is 4. The minimum atomic E-state index is -0.544.